The highest BCUT2D eigenvalue weighted by Crippen LogP contribution is 2.13. The van der Waals surface area contributed by atoms with Crippen LogP contribution in [-0.2, 0) is 16.1 Å². The van der Waals surface area contributed by atoms with E-state index >= 15 is 0 Å². The van der Waals surface area contributed by atoms with Crippen LogP contribution in [0.15, 0.2) is 29.3 Å². The zero-order valence-electron chi connectivity index (χ0n) is 18.6. The Morgan fingerprint density at radius 1 is 1.09 bits per heavy atom. The second-order valence-electron chi connectivity index (χ2n) is 7.79. The standard InChI is InChI=1S/C21H32N6O4.HI/c1-18(28)25-9-11-26(12-10-25)21(22-7-2-8-24-13-15-31-16-14-24)23-17-19-3-5-20(6-4-19)27(29)30;/h3-6H,2,7-17H2,1H3,(H,22,23);1H. The van der Waals surface area contributed by atoms with Gasteiger partial charge in [-0.05, 0) is 18.5 Å². The molecule has 1 aromatic carbocycles. The van der Waals surface area contributed by atoms with Crippen molar-refractivity contribution in [2.45, 2.75) is 19.9 Å². The Bertz CT molecular complexity index is 762. The van der Waals surface area contributed by atoms with Crippen molar-refractivity contribution >= 4 is 41.5 Å². The van der Waals surface area contributed by atoms with Gasteiger partial charge in [0, 0.05) is 64.9 Å². The van der Waals surface area contributed by atoms with Crippen molar-refractivity contribution in [2.24, 2.45) is 4.99 Å². The summed E-state index contributed by atoms with van der Waals surface area (Å²) in [6.07, 6.45) is 1.00. The van der Waals surface area contributed by atoms with Gasteiger partial charge >= 0.3 is 0 Å². The molecule has 2 saturated heterocycles. The van der Waals surface area contributed by atoms with Gasteiger partial charge in [-0.25, -0.2) is 4.99 Å². The Morgan fingerprint density at radius 3 is 2.31 bits per heavy atom. The molecule has 2 fully saturated rings. The summed E-state index contributed by atoms with van der Waals surface area (Å²) in [5, 5.41) is 14.3. The van der Waals surface area contributed by atoms with Crippen LogP contribution in [0.1, 0.15) is 18.9 Å². The predicted octanol–water partition coefficient (Wildman–Crippen LogP) is 1.54. The number of nitro groups is 1. The molecule has 0 unspecified atom stereocenters. The lowest BCUT2D eigenvalue weighted by Gasteiger charge is -2.36. The minimum atomic E-state index is -0.400. The summed E-state index contributed by atoms with van der Waals surface area (Å²) in [6, 6.07) is 6.49. The Kier molecular flexibility index (Phi) is 11.1. The third kappa shape index (κ3) is 8.17. The van der Waals surface area contributed by atoms with E-state index in [0.717, 1.165) is 70.4 Å². The third-order valence-electron chi connectivity index (χ3n) is 5.62. The number of piperazine rings is 1. The zero-order chi connectivity index (χ0) is 22.1. The first-order chi connectivity index (χ1) is 15.0. The fourth-order valence-electron chi connectivity index (χ4n) is 3.72. The van der Waals surface area contributed by atoms with E-state index in [1.54, 1.807) is 19.1 Å². The van der Waals surface area contributed by atoms with Crippen molar-refractivity contribution in [3.63, 3.8) is 0 Å². The molecule has 10 nitrogen and oxygen atoms in total. The van der Waals surface area contributed by atoms with E-state index in [9.17, 15) is 14.9 Å². The fourth-order valence-corrected chi connectivity index (χ4v) is 3.72. The first-order valence-corrected chi connectivity index (χ1v) is 10.8. The van der Waals surface area contributed by atoms with Gasteiger partial charge in [0.05, 0.1) is 24.7 Å². The first kappa shape index (κ1) is 26.3. The van der Waals surface area contributed by atoms with Crippen molar-refractivity contribution in [1.82, 2.24) is 20.0 Å². The van der Waals surface area contributed by atoms with Gasteiger partial charge in [0.2, 0.25) is 5.91 Å². The number of guanidine groups is 1. The number of non-ortho nitro benzene ring substituents is 1. The monoisotopic (exact) mass is 560 g/mol. The summed E-state index contributed by atoms with van der Waals surface area (Å²) in [6.45, 7) is 10.3. The maximum atomic E-state index is 11.6. The molecule has 0 spiro atoms. The maximum absolute atomic E-state index is 11.6. The Balaban J connectivity index is 0.00000363. The average molecular weight is 560 g/mol. The topological polar surface area (TPSA) is 104 Å². The molecule has 1 N–H and O–H groups in total. The molecule has 3 rings (SSSR count). The second-order valence-corrected chi connectivity index (χ2v) is 7.79. The molecule has 178 valence electrons. The first-order valence-electron chi connectivity index (χ1n) is 10.8. The van der Waals surface area contributed by atoms with Crippen LogP contribution in [0.3, 0.4) is 0 Å². The Morgan fingerprint density at radius 2 is 1.72 bits per heavy atom. The molecular weight excluding hydrogens is 527 g/mol. The molecule has 0 bridgehead atoms. The van der Waals surface area contributed by atoms with Crippen molar-refractivity contribution in [1.29, 1.82) is 0 Å². The number of carbonyl (C=O) groups is 1. The van der Waals surface area contributed by atoms with E-state index < -0.39 is 4.92 Å². The molecule has 32 heavy (non-hydrogen) atoms. The van der Waals surface area contributed by atoms with Gasteiger partial charge in [0.1, 0.15) is 0 Å². The lowest BCUT2D eigenvalue weighted by Crippen LogP contribution is -2.53. The molecule has 0 radical (unpaired) electrons. The van der Waals surface area contributed by atoms with Crippen LogP contribution in [0.2, 0.25) is 0 Å². The number of morpholine rings is 1. The predicted molar refractivity (Wildman–Crippen MR) is 133 cm³/mol. The highest BCUT2D eigenvalue weighted by molar-refractivity contribution is 14.0. The number of ether oxygens (including phenoxy) is 1. The highest BCUT2D eigenvalue weighted by Gasteiger charge is 2.21. The van der Waals surface area contributed by atoms with Gasteiger partial charge in [0.15, 0.2) is 5.96 Å². The average Bonchev–Trinajstić information content (AvgIpc) is 2.79. The lowest BCUT2D eigenvalue weighted by molar-refractivity contribution is -0.384. The SMILES string of the molecule is CC(=O)N1CCN(C(=NCc2ccc([N+](=O)[O-])cc2)NCCCN2CCOCC2)CC1.I. The number of carbonyl (C=O) groups excluding carboxylic acids is 1. The van der Waals surface area contributed by atoms with Crippen molar-refractivity contribution in [3.8, 4) is 0 Å². The number of aliphatic imine (C=N–C) groups is 1. The Labute approximate surface area is 206 Å². The van der Waals surface area contributed by atoms with Crippen molar-refractivity contribution < 1.29 is 14.5 Å². The van der Waals surface area contributed by atoms with Gasteiger partial charge in [0.25, 0.3) is 5.69 Å². The van der Waals surface area contributed by atoms with Crippen LogP contribution in [-0.4, -0.2) is 97.1 Å². The van der Waals surface area contributed by atoms with Crippen LogP contribution < -0.4 is 5.32 Å². The third-order valence-corrected chi connectivity index (χ3v) is 5.62. The van der Waals surface area contributed by atoms with E-state index in [0.29, 0.717) is 19.6 Å². The molecule has 2 heterocycles. The molecule has 1 aromatic rings. The normalized spacial score (nSPS) is 17.6. The largest absolute Gasteiger partial charge is 0.379 e. The molecule has 2 aliphatic heterocycles. The van der Waals surface area contributed by atoms with Gasteiger partial charge in [-0.2, -0.15) is 0 Å². The minimum Gasteiger partial charge on any atom is -0.379 e. The number of halogens is 1. The number of amides is 1. The summed E-state index contributed by atoms with van der Waals surface area (Å²) >= 11 is 0. The van der Waals surface area contributed by atoms with Crippen molar-refractivity contribution in [2.75, 3.05) is 65.6 Å². The number of hydrogen-bond donors (Lipinski definition) is 1. The molecule has 11 heteroatoms. The summed E-state index contributed by atoms with van der Waals surface area (Å²) in [5.74, 6) is 0.922. The van der Waals surface area contributed by atoms with Crippen LogP contribution in [0.5, 0.6) is 0 Å². The van der Waals surface area contributed by atoms with Gasteiger partial charge < -0.3 is 19.9 Å². The number of hydrogen-bond acceptors (Lipinski definition) is 6. The molecule has 0 aromatic heterocycles. The second kappa shape index (κ2) is 13.5. The zero-order valence-corrected chi connectivity index (χ0v) is 20.9. The van der Waals surface area contributed by atoms with E-state index in [1.165, 1.54) is 12.1 Å². The number of rotatable bonds is 7. The van der Waals surface area contributed by atoms with Crippen LogP contribution >= 0.6 is 24.0 Å². The highest BCUT2D eigenvalue weighted by atomic mass is 127. The van der Waals surface area contributed by atoms with E-state index in [4.69, 9.17) is 9.73 Å². The summed E-state index contributed by atoms with van der Waals surface area (Å²) in [7, 11) is 0. The lowest BCUT2D eigenvalue weighted by atomic mass is 10.2. The van der Waals surface area contributed by atoms with E-state index in [-0.39, 0.29) is 35.6 Å². The number of nitrogens with one attached hydrogen (secondary N) is 1. The van der Waals surface area contributed by atoms with E-state index in [1.807, 2.05) is 4.90 Å². The van der Waals surface area contributed by atoms with E-state index in [2.05, 4.69) is 15.1 Å². The van der Waals surface area contributed by atoms with Crippen LogP contribution in [0.4, 0.5) is 5.69 Å². The molecule has 0 atom stereocenters. The quantitative estimate of drug-likeness (QED) is 0.135. The smallest absolute Gasteiger partial charge is 0.269 e. The summed E-state index contributed by atoms with van der Waals surface area (Å²) in [5.41, 5.74) is 0.995. The molecule has 0 aliphatic carbocycles. The van der Waals surface area contributed by atoms with Gasteiger partial charge in [-0.3, -0.25) is 19.8 Å². The number of benzene rings is 1. The molecular formula is C21H33IN6O4. The summed E-state index contributed by atoms with van der Waals surface area (Å²) < 4.78 is 5.40. The molecule has 0 saturated carbocycles. The minimum absolute atomic E-state index is 0. The van der Waals surface area contributed by atoms with Gasteiger partial charge in [-0.15, -0.1) is 24.0 Å². The van der Waals surface area contributed by atoms with Gasteiger partial charge in [-0.1, -0.05) is 12.1 Å². The van der Waals surface area contributed by atoms with Crippen LogP contribution in [0, 0.1) is 10.1 Å². The number of nitro benzene ring substituents is 1. The van der Waals surface area contributed by atoms with Crippen LogP contribution in [0.25, 0.3) is 0 Å². The molecule has 2 aliphatic rings. The fraction of sp³-hybridized carbons (Fsp3) is 0.619. The molecule has 1 amide bonds. The summed E-state index contributed by atoms with van der Waals surface area (Å²) in [4.78, 5) is 33.3. The number of nitrogens with zero attached hydrogens (tertiary/aromatic N) is 5. The Hall–Kier alpha value is -1.99. The maximum Gasteiger partial charge on any atom is 0.269 e. The van der Waals surface area contributed by atoms with Crippen molar-refractivity contribution in [3.05, 3.63) is 39.9 Å².